The average molecular weight is 175 g/mol. The van der Waals surface area contributed by atoms with Gasteiger partial charge in [0.2, 0.25) is 0 Å². The first kappa shape index (κ1) is 2.49. The first-order valence-corrected chi connectivity index (χ1v) is 2.84. The summed E-state index contributed by atoms with van der Waals surface area (Å²) in [6, 6.07) is -3.06. The summed E-state index contributed by atoms with van der Waals surface area (Å²) in [5.41, 5.74) is -1.00. The number of benzene rings is 1. The number of aromatic hydroxyl groups is 1. The van der Waals surface area contributed by atoms with Crippen LogP contribution in [-0.4, -0.2) is 17.9 Å². The van der Waals surface area contributed by atoms with Crippen LogP contribution in [0, 0.1) is 0 Å². The highest BCUT2D eigenvalue weighted by Gasteiger charge is 2.04. The summed E-state index contributed by atoms with van der Waals surface area (Å²) >= 11 is 0. The molecule has 12 heavy (non-hydrogen) atoms. The molecule has 1 rings (SSSR count). The smallest absolute Gasteiger partial charge is 0.161 e. The molecule has 0 aliphatic rings. The lowest BCUT2D eigenvalue weighted by Crippen LogP contribution is -1.92. The third-order valence-electron chi connectivity index (χ3n) is 1.09. The van der Waals surface area contributed by atoms with Crippen LogP contribution in [-0.2, 0) is 0 Å². The molecule has 0 saturated heterocycles. The maximum Gasteiger partial charge on any atom is 0.161 e. The Bertz CT molecular complexity index is 588. The van der Waals surface area contributed by atoms with Gasteiger partial charge < -0.3 is 9.84 Å². The highest BCUT2D eigenvalue weighted by molar-refractivity contribution is 5.94. The Morgan fingerprint density at radius 3 is 3.25 bits per heavy atom. The molecule has 0 aliphatic heterocycles. The fraction of sp³-hybridized carbons (Fsp3) is 0.222. The molecule has 0 unspecified atom stereocenters. The molecule has 0 fully saturated rings. The number of hydrogen-bond acceptors (Lipinski definition) is 3. The number of Topliss-reactive ketones (excluding diaryl/α,β-unsaturated/α-hetero) is 1. The highest BCUT2D eigenvalue weighted by Crippen LogP contribution is 2.26. The van der Waals surface area contributed by atoms with E-state index in [2.05, 4.69) is 4.74 Å². The SMILES string of the molecule is [2H]c1c([2H])c(C(=O)C([2H])([2H])[2H])c([2H])c(OC([2H])([2H])[2H])c1O. The molecule has 0 aliphatic carbocycles. The largest absolute Gasteiger partial charge is 0.504 e. The number of hydrogen-bond donors (Lipinski definition) is 1. The fourth-order valence-corrected chi connectivity index (χ4v) is 0.570. The minimum Gasteiger partial charge on any atom is -0.504 e. The van der Waals surface area contributed by atoms with Gasteiger partial charge in [0.25, 0.3) is 0 Å². The summed E-state index contributed by atoms with van der Waals surface area (Å²) in [4.78, 5) is 11.7. The van der Waals surface area contributed by atoms with E-state index in [1.165, 1.54) is 0 Å². The summed E-state index contributed by atoms with van der Waals surface area (Å²) in [5.74, 6) is -3.77. The first-order valence-electron chi connectivity index (χ1n) is 7.34. The molecule has 64 valence electrons. The van der Waals surface area contributed by atoms with Crippen molar-refractivity contribution in [3.05, 3.63) is 23.7 Å². The number of carbonyl (C=O) groups is 1. The number of ether oxygens (including phenoxy) is 1. The maximum absolute atomic E-state index is 11.7. The molecule has 0 aromatic heterocycles. The van der Waals surface area contributed by atoms with Crippen molar-refractivity contribution in [2.24, 2.45) is 0 Å². The van der Waals surface area contributed by atoms with Crippen molar-refractivity contribution in [2.75, 3.05) is 7.04 Å². The molecule has 0 spiro atoms. The molecule has 0 bridgehead atoms. The van der Waals surface area contributed by atoms with E-state index in [9.17, 15) is 9.90 Å². The molecule has 3 heteroatoms. The van der Waals surface area contributed by atoms with Crippen molar-refractivity contribution in [1.82, 2.24) is 0 Å². The Morgan fingerprint density at radius 2 is 2.58 bits per heavy atom. The van der Waals surface area contributed by atoms with Gasteiger partial charge in [-0.15, -0.1) is 0 Å². The van der Waals surface area contributed by atoms with Gasteiger partial charge in [-0.25, -0.2) is 0 Å². The Kier molecular flexibility index (Phi) is 0.675. The number of methoxy groups -OCH3 is 1. The summed E-state index contributed by atoms with van der Waals surface area (Å²) in [6.07, 6.45) is 0. The second-order valence-corrected chi connectivity index (χ2v) is 1.86. The van der Waals surface area contributed by atoms with Crippen LogP contribution in [0.1, 0.15) is 29.5 Å². The molecular formula is C9H10O3. The van der Waals surface area contributed by atoms with E-state index in [0.29, 0.717) is 0 Å². The molecule has 0 saturated carbocycles. The quantitative estimate of drug-likeness (QED) is 0.694. The standard InChI is InChI=1S/C9H10O3/c1-6(10)7-3-4-8(11)9(5-7)12-2/h3-5,11H,1-2H3/i1D3,2D3,3D,4D,5D. The lowest BCUT2D eigenvalue weighted by molar-refractivity contribution is 0.101. The zero-order valence-electron chi connectivity index (χ0n) is 14.8. The predicted molar refractivity (Wildman–Crippen MR) is 44.7 cm³/mol. The van der Waals surface area contributed by atoms with Gasteiger partial charge in [-0.2, -0.15) is 0 Å². The maximum atomic E-state index is 11.7. The van der Waals surface area contributed by atoms with Gasteiger partial charge >= 0.3 is 0 Å². The van der Waals surface area contributed by atoms with Crippen LogP contribution in [0.25, 0.3) is 0 Å². The third kappa shape index (κ3) is 1.56. The van der Waals surface area contributed by atoms with Crippen LogP contribution < -0.4 is 4.74 Å². The Morgan fingerprint density at radius 1 is 1.75 bits per heavy atom. The van der Waals surface area contributed by atoms with Gasteiger partial charge in [0.15, 0.2) is 17.3 Å². The van der Waals surface area contributed by atoms with Crippen molar-refractivity contribution in [3.8, 4) is 11.5 Å². The lowest BCUT2D eigenvalue weighted by atomic mass is 10.1. The summed E-state index contributed by atoms with van der Waals surface area (Å²) in [7, 11) is -3.09. The van der Waals surface area contributed by atoms with Crippen molar-refractivity contribution in [1.29, 1.82) is 0 Å². The normalized spacial score (nSPS) is 22.5. The Hall–Kier alpha value is -1.51. The van der Waals surface area contributed by atoms with E-state index in [-0.39, 0.29) is 0 Å². The first-order chi connectivity index (χ1) is 9.27. The Labute approximate surface area is 83.2 Å². The molecule has 3 nitrogen and oxygen atoms in total. The second-order valence-electron chi connectivity index (χ2n) is 1.86. The minimum absolute atomic E-state index is 0.989. The lowest BCUT2D eigenvalue weighted by Gasteiger charge is -2.03. The zero-order chi connectivity index (χ0) is 16.7. The molecule has 0 atom stereocenters. The fourth-order valence-electron chi connectivity index (χ4n) is 0.570. The summed E-state index contributed by atoms with van der Waals surface area (Å²) < 4.78 is 68.5. The predicted octanol–water partition coefficient (Wildman–Crippen LogP) is 1.60. The van der Waals surface area contributed by atoms with Crippen molar-refractivity contribution in [3.63, 3.8) is 0 Å². The van der Waals surface area contributed by atoms with E-state index in [4.69, 9.17) is 12.3 Å². The van der Waals surface area contributed by atoms with E-state index in [1.807, 2.05) is 0 Å². The van der Waals surface area contributed by atoms with E-state index in [1.54, 1.807) is 0 Å². The van der Waals surface area contributed by atoms with Crippen LogP contribution in [0.15, 0.2) is 18.1 Å². The minimum atomic E-state index is -3.19. The van der Waals surface area contributed by atoms with Crippen LogP contribution in [0.5, 0.6) is 11.5 Å². The van der Waals surface area contributed by atoms with E-state index < -0.39 is 54.9 Å². The Balaban J connectivity index is 3.64. The molecule has 0 heterocycles. The van der Waals surface area contributed by atoms with Gasteiger partial charge in [0.05, 0.1) is 15.3 Å². The van der Waals surface area contributed by atoms with Crippen LogP contribution in [0.4, 0.5) is 0 Å². The molecule has 0 amide bonds. The zero-order valence-corrected chi connectivity index (χ0v) is 5.76. The number of phenols is 1. The highest BCUT2D eigenvalue weighted by atomic mass is 16.5. The van der Waals surface area contributed by atoms with Crippen LogP contribution in [0.2, 0.25) is 0 Å². The summed E-state index contributed by atoms with van der Waals surface area (Å²) in [6.45, 7) is -3.19. The molecule has 1 aromatic rings. The van der Waals surface area contributed by atoms with Gasteiger partial charge in [0.1, 0.15) is 0 Å². The number of ketones is 1. The van der Waals surface area contributed by atoms with E-state index in [0.717, 1.165) is 0 Å². The van der Waals surface area contributed by atoms with Crippen molar-refractivity contribution < 1.29 is 27.0 Å². The monoisotopic (exact) mass is 175 g/mol. The van der Waals surface area contributed by atoms with Gasteiger partial charge in [-0.3, -0.25) is 4.79 Å². The third-order valence-corrected chi connectivity index (χ3v) is 1.09. The molecular weight excluding hydrogens is 156 g/mol. The summed E-state index contributed by atoms with van der Waals surface area (Å²) in [5, 5.41) is 9.58. The number of rotatable bonds is 2. The number of phenolic OH excluding ortho intramolecular Hbond substituents is 1. The number of carbonyl (C=O) groups excluding carboxylic acids is 1. The second kappa shape index (κ2) is 3.26. The molecule has 1 N–H and O–H groups in total. The average Bonchev–Trinajstić information content (AvgIpc) is 2.30. The van der Waals surface area contributed by atoms with E-state index >= 15 is 0 Å². The van der Waals surface area contributed by atoms with Crippen molar-refractivity contribution in [2.45, 2.75) is 6.85 Å². The van der Waals surface area contributed by atoms with Crippen LogP contribution >= 0.6 is 0 Å². The van der Waals surface area contributed by atoms with Gasteiger partial charge in [0, 0.05) is 9.68 Å². The molecule has 1 aromatic carbocycles. The van der Waals surface area contributed by atoms with Gasteiger partial charge in [-0.05, 0) is 25.0 Å². The van der Waals surface area contributed by atoms with Crippen molar-refractivity contribution >= 4 is 5.78 Å². The van der Waals surface area contributed by atoms with Crippen LogP contribution in [0.3, 0.4) is 0 Å². The topological polar surface area (TPSA) is 46.5 Å². The molecule has 0 radical (unpaired) electrons. The van der Waals surface area contributed by atoms with Gasteiger partial charge in [-0.1, -0.05) is 0 Å².